The number of para-hydroxylation sites is 1. The van der Waals surface area contributed by atoms with Gasteiger partial charge in [0.25, 0.3) is 0 Å². The zero-order chi connectivity index (χ0) is 8.97. The molecule has 0 aliphatic carbocycles. The van der Waals surface area contributed by atoms with Gasteiger partial charge in [0.15, 0.2) is 11.5 Å². The Labute approximate surface area is 71.7 Å². The van der Waals surface area contributed by atoms with Gasteiger partial charge in [0.2, 0.25) is 0 Å². The lowest BCUT2D eigenvalue weighted by atomic mass is 10.1. The van der Waals surface area contributed by atoms with Crippen LogP contribution in [-0.2, 0) is 6.42 Å². The Hall–Kier alpha value is -1.22. The number of rotatable bonds is 3. The molecule has 3 nitrogen and oxygen atoms in total. The second-order valence-corrected chi connectivity index (χ2v) is 2.64. The van der Waals surface area contributed by atoms with Crippen molar-refractivity contribution in [2.45, 2.75) is 6.42 Å². The first-order valence-electron chi connectivity index (χ1n) is 3.90. The van der Waals surface area contributed by atoms with Crippen LogP contribution in [0.25, 0.3) is 0 Å². The lowest BCUT2D eigenvalue weighted by Crippen LogP contribution is -2.10. The summed E-state index contributed by atoms with van der Waals surface area (Å²) in [6, 6.07) is 4.99. The normalized spacial score (nSPS) is 10.1. The summed E-state index contributed by atoms with van der Waals surface area (Å²) in [6.07, 6.45) is 0.719. The predicted molar refractivity (Wildman–Crippen MR) is 47.4 cm³/mol. The number of benzene rings is 1. The Balaban J connectivity index is 2.78. The monoisotopic (exact) mass is 167 g/mol. The maximum Gasteiger partial charge on any atom is 0.160 e. The van der Waals surface area contributed by atoms with Crippen molar-refractivity contribution in [2.24, 2.45) is 0 Å². The molecule has 0 saturated carbocycles. The number of nitrogens with one attached hydrogen (secondary N) is 1. The third-order valence-electron chi connectivity index (χ3n) is 1.74. The summed E-state index contributed by atoms with van der Waals surface area (Å²) < 4.78 is 0. The third kappa shape index (κ3) is 1.89. The van der Waals surface area contributed by atoms with E-state index in [9.17, 15) is 5.11 Å². The van der Waals surface area contributed by atoms with E-state index in [2.05, 4.69) is 5.32 Å². The molecule has 66 valence electrons. The molecule has 0 unspecified atom stereocenters. The fourth-order valence-corrected chi connectivity index (χ4v) is 1.04. The van der Waals surface area contributed by atoms with Gasteiger partial charge in [0.1, 0.15) is 0 Å². The average molecular weight is 167 g/mol. The van der Waals surface area contributed by atoms with Crippen LogP contribution in [0.4, 0.5) is 0 Å². The number of likely N-dealkylation sites (N-methyl/N-ethyl adjacent to an activating group) is 1. The highest BCUT2D eigenvalue weighted by Crippen LogP contribution is 2.27. The number of hydrogen-bond acceptors (Lipinski definition) is 3. The molecule has 0 fully saturated rings. The van der Waals surface area contributed by atoms with Gasteiger partial charge < -0.3 is 15.5 Å². The summed E-state index contributed by atoms with van der Waals surface area (Å²) >= 11 is 0. The molecule has 0 spiro atoms. The van der Waals surface area contributed by atoms with Gasteiger partial charge in [-0.05, 0) is 31.6 Å². The van der Waals surface area contributed by atoms with Gasteiger partial charge in [-0.1, -0.05) is 12.1 Å². The minimum atomic E-state index is -0.0522. The number of hydrogen-bond donors (Lipinski definition) is 3. The molecule has 0 aliphatic heterocycles. The van der Waals surface area contributed by atoms with E-state index in [4.69, 9.17) is 5.11 Å². The van der Waals surface area contributed by atoms with Crippen molar-refractivity contribution in [1.29, 1.82) is 0 Å². The molecule has 1 aromatic carbocycles. The highest BCUT2D eigenvalue weighted by Gasteiger charge is 2.03. The van der Waals surface area contributed by atoms with E-state index in [1.807, 2.05) is 7.05 Å². The summed E-state index contributed by atoms with van der Waals surface area (Å²) in [5.74, 6) is -0.0589. The molecular weight excluding hydrogens is 154 g/mol. The quantitative estimate of drug-likeness (QED) is 0.585. The highest BCUT2D eigenvalue weighted by molar-refractivity contribution is 5.44. The van der Waals surface area contributed by atoms with E-state index in [0.29, 0.717) is 0 Å². The maximum absolute atomic E-state index is 9.35. The topological polar surface area (TPSA) is 52.5 Å². The molecule has 3 N–H and O–H groups in total. The standard InChI is InChI=1S/C9H13NO2/c1-10-6-5-7-3-2-4-8(11)9(7)12/h2-4,10-12H,5-6H2,1H3. The zero-order valence-corrected chi connectivity index (χ0v) is 7.04. The first kappa shape index (κ1) is 8.87. The minimum Gasteiger partial charge on any atom is -0.504 e. The van der Waals surface area contributed by atoms with E-state index < -0.39 is 0 Å². The van der Waals surface area contributed by atoms with Gasteiger partial charge in [-0.3, -0.25) is 0 Å². The van der Waals surface area contributed by atoms with Crippen molar-refractivity contribution in [3.8, 4) is 11.5 Å². The lowest BCUT2D eigenvalue weighted by molar-refractivity contribution is 0.399. The second kappa shape index (κ2) is 3.97. The van der Waals surface area contributed by atoms with Crippen LogP contribution in [0.3, 0.4) is 0 Å². The van der Waals surface area contributed by atoms with Gasteiger partial charge in [0, 0.05) is 0 Å². The predicted octanol–water partition coefficient (Wildman–Crippen LogP) is 0.860. The molecular formula is C9H13NO2. The molecule has 0 radical (unpaired) electrons. The van der Waals surface area contributed by atoms with Gasteiger partial charge in [-0.2, -0.15) is 0 Å². The van der Waals surface area contributed by atoms with Crippen molar-refractivity contribution in [1.82, 2.24) is 5.32 Å². The smallest absolute Gasteiger partial charge is 0.160 e. The van der Waals surface area contributed by atoms with Crippen molar-refractivity contribution in [2.75, 3.05) is 13.6 Å². The molecule has 3 heteroatoms. The first-order valence-corrected chi connectivity index (χ1v) is 3.90. The van der Waals surface area contributed by atoms with Crippen LogP contribution < -0.4 is 5.32 Å². The largest absolute Gasteiger partial charge is 0.504 e. The SMILES string of the molecule is CNCCc1cccc(O)c1O. The van der Waals surface area contributed by atoms with Crippen LogP contribution in [0.15, 0.2) is 18.2 Å². The zero-order valence-electron chi connectivity index (χ0n) is 7.04. The van der Waals surface area contributed by atoms with Gasteiger partial charge >= 0.3 is 0 Å². The Kier molecular flexibility index (Phi) is 2.94. The van der Waals surface area contributed by atoms with Gasteiger partial charge in [0.05, 0.1) is 0 Å². The van der Waals surface area contributed by atoms with Crippen LogP contribution in [0.1, 0.15) is 5.56 Å². The average Bonchev–Trinajstić information content (AvgIpc) is 2.08. The summed E-state index contributed by atoms with van der Waals surface area (Å²) in [7, 11) is 1.85. The minimum absolute atomic E-state index is 0.00671. The van der Waals surface area contributed by atoms with Crippen LogP contribution in [0, 0.1) is 0 Å². The Morgan fingerprint density at radius 3 is 2.75 bits per heavy atom. The maximum atomic E-state index is 9.35. The van der Waals surface area contributed by atoms with E-state index in [1.54, 1.807) is 12.1 Å². The summed E-state index contributed by atoms with van der Waals surface area (Å²) in [4.78, 5) is 0. The Bertz CT molecular complexity index is 261. The lowest BCUT2D eigenvalue weighted by Gasteiger charge is -2.04. The number of aromatic hydroxyl groups is 2. The molecule has 12 heavy (non-hydrogen) atoms. The van der Waals surface area contributed by atoms with Gasteiger partial charge in [-0.15, -0.1) is 0 Å². The van der Waals surface area contributed by atoms with Crippen molar-refractivity contribution >= 4 is 0 Å². The second-order valence-electron chi connectivity index (χ2n) is 2.64. The Morgan fingerprint density at radius 1 is 1.33 bits per heavy atom. The van der Waals surface area contributed by atoms with Crippen LogP contribution in [-0.4, -0.2) is 23.8 Å². The van der Waals surface area contributed by atoms with Crippen LogP contribution >= 0.6 is 0 Å². The van der Waals surface area contributed by atoms with Crippen LogP contribution in [0.2, 0.25) is 0 Å². The van der Waals surface area contributed by atoms with E-state index in [0.717, 1.165) is 18.5 Å². The molecule has 0 heterocycles. The van der Waals surface area contributed by atoms with Crippen molar-refractivity contribution < 1.29 is 10.2 Å². The van der Waals surface area contributed by atoms with E-state index in [-0.39, 0.29) is 11.5 Å². The molecule has 0 saturated heterocycles. The van der Waals surface area contributed by atoms with E-state index >= 15 is 0 Å². The Morgan fingerprint density at radius 2 is 2.08 bits per heavy atom. The van der Waals surface area contributed by atoms with Gasteiger partial charge in [-0.25, -0.2) is 0 Å². The summed E-state index contributed by atoms with van der Waals surface area (Å²) in [5.41, 5.74) is 0.768. The fraction of sp³-hybridized carbons (Fsp3) is 0.333. The molecule has 0 aliphatic rings. The fourth-order valence-electron chi connectivity index (χ4n) is 1.04. The summed E-state index contributed by atoms with van der Waals surface area (Å²) in [6.45, 7) is 0.789. The highest BCUT2D eigenvalue weighted by atomic mass is 16.3. The third-order valence-corrected chi connectivity index (χ3v) is 1.74. The first-order chi connectivity index (χ1) is 5.75. The molecule has 1 aromatic rings. The molecule has 0 aromatic heterocycles. The molecule has 0 amide bonds. The van der Waals surface area contributed by atoms with Crippen LogP contribution in [0.5, 0.6) is 11.5 Å². The summed E-state index contributed by atoms with van der Waals surface area (Å²) in [5, 5.41) is 21.4. The van der Waals surface area contributed by atoms with E-state index in [1.165, 1.54) is 6.07 Å². The number of phenols is 2. The van der Waals surface area contributed by atoms with Crippen molar-refractivity contribution in [3.05, 3.63) is 23.8 Å². The number of phenolic OH excluding ortho intramolecular Hbond substituents is 2. The molecule has 1 rings (SSSR count). The molecule has 0 atom stereocenters. The molecule has 0 bridgehead atoms. The van der Waals surface area contributed by atoms with Crippen molar-refractivity contribution in [3.63, 3.8) is 0 Å².